The Bertz CT molecular complexity index is 963. The van der Waals surface area contributed by atoms with Crippen LogP contribution in [0.2, 0.25) is 0 Å². The second-order valence-electron chi connectivity index (χ2n) is 6.06. The molecule has 1 aliphatic carbocycles. The van der Waals surface area contributed by atoms with Crippen molar-refractivity contribution in [1.29, 1.82) is 0 Å². The first-order valence-corrected chi connectivity index (χ1v) is 8.05. The highest BCUT2D eigenvalue weighted by Crippen LogP contribution is 2.35. The lowest BCUT2D eigenvalue weighted by molar-refractivity contribution is -0.377. The Morgan fingerprint density at radius 2 is 1.92 bits per heavy atom. The fourth-order valence-electron chi connectivity index (χ4n) is 2.42. The predicted molar refractivity (Wildman–Crippen MR) is 101 cm³/mol. The topological polar surface area (TPSA) is 91.7 Å². The van der Waals surface area contributed by atoms with Crippen LogP contribution in [0.3, 0.4) is 0 Å². The first-order valence-electron chi connectivity index (χ1n) is 8.05. The lowest BCUT2D eigenvalue weighted by Gasteiger charge is -2.07. The van der Waals surface area contributed by atoms with Crippen LogP contribution in [-0.2, 0) is 0 Å². The van der Waals surface area contributed by atoms with E-state index in [2.05, 4.69) is 0 Å². The Morgan fingerprint density at radius 1 is 1.19 bits per heavy atom. The molecule has 0 radical (unpaired) electrons. The van der Waals surface area contributed by atoms with E-state index in [0.717, 1.165) is 0 Å². The molecule has 0 atom stereocenters. The van der Waals surface area contributed by atoms with Crippen molar-refractivity contribution in [1.82, 2.24) is 0 Å². The fraction of sp³-hybridized carbons (Fsp3) is 0.150. The number of ether oxygens (including phenoxy) is 1. The van der Waals surface area contributed by atoms with E-state index < -0.39 is 4.90 Å². The summed E-state index contributed by atoms with van der Waals surface area (Å²) in [5, 5.41) is 32.3. The molecular weight excluding hydrogens is 334 g/mol. The molecule has 0 amide bonds. The van der Waals surface area contributed by atoms with Crippen molar-refractivity contribution < 1.29 is 19.2 Å². The molecule has 0 bridgehead atoms. The van der Waals surface area contributed by atoms with Crippen LogP contribution in [0.1, 0.15) is 19.6 Å². The molecule has 1 aromatic carbocycles. The molecule has 0 unspecified atom stereocenters. The molecule has 0 fully saturated rings. The summed E-state index contributed by atoms with van der Waals surface area (Å²) in [6, 6.07) is 5.23. The average molecular weight is 352 g/mol. The Morgan fingerprint density at radius 3 is 2.58 bits per heavy atom. The molecule has 0 saturated heterocycles. The smallest absolute Gasteiger partial charge is 0.222 e. The fourth-order valence-corrected chi connectivity index (χ4v) is 2.42. The number of furan rings is 1. The summed E-state index contributed by atoms with van der Waals surface area (Å²) in [7, 11) is 0. The quantitative estimate of drug-likeness (QED) is 0.499. The van der Waals surface area contributed by atoms with Gasteiger partial charge in [-0.15, -0.1) is 0 Å². The number of aromatic hydroxyl groups is 1. The molecule has 1 aliphatic rings. The second-order valence-corrected chi connectivity index (χ2v) is 6.06. The van der Waals surface area contributed by atoms with Gasteiger partial charge in [-0.1, -0.05) is 5.57 Å². The molecule has 2 aromatic rings. The summed E-state index contributed by atoms with van der Waals surface area (Å²) >= 11 is 0. The van der Waals surface area contributed by atoms with Crippen molar-refractivity contribution in [3.63, 3.8) is 0 Å². The zero-order valence-electron chi connectivity index (χ0n) is 14.4. The first kappa shape index (κ1) is 17.4. The highest BCUT2D eigenvalue weighted by Gasteiger charge is 2.13. The van der Waals surface area contributed by atoms with Crippen LogP contribution in [0.5, 0.6) is 11.5 Å². The van der Waals surface area contributed by atoms with Crippen molar-refractivity contribution in [3.8, 4) is 11.5 Å². The van der Waals surface area contributed by atoms with Gasteiger partial charge in [-0.2, -0.15) is 4.90 Å². The van der Waals surface area contributed by atoms with Gasteiger partial charge in [0.1, 0.15) is 17.9 Å². The second kappa shape index (κ2) is 7.23. The van der Waals surface area contributed by atoms with Gasteiger partial charge < -0.3 is 24.7 Å². The molecule has 6 nitrogen and oxygen atoms in total. The van der Waals surface area contributed by atoms with Crippen molar-refractivity contribution in [2.75, 3.05) is 6.61 Å². The summed E-state index contributed by atoms with van der Waals surface area (Å²) in [5.74, 6) is 0.954. The minimum atomic E-state index is -0.459. The van der Waals surface area contributed by atoms with Gasteiger partial charge >= 0.3 is 0 Å². The van der Waals surface area contributed by atoms with Crippen LogP contribution >= 0.6 is 0 Å². The third-order valence-corrected chi connectivity index (χ3v) is 3.80. The van der Waals surface area contributed by atoms with Crippen LogP contribution in [0.25, 0.3) is 17.0 Å². The van der Waals surface area contributed by atoms with Gasteiger partial charge in [0.2, 0.25) is 5.71 Å². The Labute approximate surface area is 150 Å². The molecule has 1 aromatic heterocycles. The summed E-state index contributed by atoms with van der Waals surface area (Å²) < 4.78 is 11.3. The summed E-state index contributed by atoms with van der Waals surface area (Å²) in [6.45, 7) is 4.46. The summed E-state index contributed by atoms with van der Waals surface area (Å²) in [5.41, 5.74) is 2.37. The lowest BCUT2D eigenvalue weighted by atomic mass is 10.1. The summed E-state index contributed by atoms with van der Waals surface area (Å²) in [6.07, 6.45) is 9.60. The van der Waals surface area contributed by atoms with E-state index in [0.29, 0.717) is 28.9 Å². The maximum atomic E-state index is 10.7. The van der Waals surface area contributed by atoms with Gasteiger partial charge in [-0.3, -0.25) is 0 Å². The van der Waals surface area contributed by atoms with Crippen LogP contribution < -0.4 is 4.74 Å². The van der Waals surface area contributed by atoms with Crippen molar-refractivity contribution in [2.45, 2.75) is 13.8 Å². The lowest BCUT2D eigenvalue weighted by Crippen LogP contribution is -2.06. The highest BCUT2D eigenvalue weighted by atomic mass is 16.8. The molecule has 134 valence electrons. The van der Waals surface area contributed by atoms with E-state index >= 15 is 0 Å². The molecule has 0 saturated carbocycles. The minimum absolute atomic E-state index is 0.00846. The Kier molecular flexibility index (Phi) is 4.84. The zero-order chi connectivity index (χ0) is 18.7. The van der Waals surface area contributed by atoms with Gasteiger partial charge in [0, 0.05) is 18.2 Å². The van der Waals surface area contributed by atoms with Crippen LogP contribution in [0, 0.1) is 10.4 Å². The number of fused-ring (bicyclic) bond motifs is 1. The molecule has 6 heteroatoms. The molecule has 3 rings (SSSR count). The van der Waals surface area contributed by atoms with Crippen molar-refractivity contribution >= 4 is 22.8 Å². The van der Waals surface area contributed by atoms with E-state index in [9.17, 15) is 15.5 Å². The molecule has 0 aliphatic heterocycles. The Balaban J connectivity index is 1.86. The standard InChI is InChI=1S/C20H18NO5/c1-13(2)9-10-25-16-7-8-17-18(12-16)26-19(20(17)22)11-14-3-5-15(6-4-14)21(23)24/h3-9,11-12H,10H2,1-2H3,(H-,22,23,24)/q-1. The number of benzene rings is 1. The largest absolute Gasteiger partial charge is 0.612 e. The van der Waals surface area contributed by atoms with Gasteiger partial charge in [-0.25, -0.2) is 0 Å². The number of rotatable bonds is 4. The van der Waals surface area contributed by atoms with Crippen molar-refractivity contribution in [2.24, 2.45) is 0 Å². The number of allylic oxidation sites excluding steroid dienone is 6. The van der Waals surface area contributed by atoms with E-state index in [1.165, 1.54) is 17.7 Å². The normalized spacial score (nSPS) is 13.2. The van der Waals surface area contributed by atoms with E-state index in [4.69, 9.17) is 9.15 Å². The summed E-state index contributed by atoms with van der Waals surface area (Å²) in [4.78, 5) is -0.459. The third kappa shape index (κ3) is 3.80. The first-order chi connectivity index (χ1) is 12.4. The number of hydrogen-bond acceptors (Lipinski definition) is 5. The van der Waals surface area contributed by atoms with E-state index in [-0.39, 0.29) is 17.2 Å². The molecule has 26 heavy (non-hydrogen) atoms. The van der Waals surface area contributed by atoms with Crippen molar-refractivity contribution in [3.05, 3.63) is 75.9 Å². The van der Waals surface area contributed by atoms with E-state index in [1.807, 2.05) is 19.9 Å². The number of nitrogens with zero attached hydrogens (tertiary/aromatic N) is 1. The maximum absolute atomic E-state index is 10.7. The predicted octanol–water partition coefficient (Wildman–Crippen LogP) is 4.44. The van der Waals surface area contributed by atoms with Crippen LogP contribution in [0.15, 0.2) is 64.1 Å². The van der Waals surface area contributed by atoms with Gasteiger partial charge in [0.05, 0.1) is 5.39 Å². The van der Waals surface area contributed by atoms with Gasteiger partial charge in [-0.05, 0) is 55.9 Å². The third-order valence-electron chi connectivity index (χ3n) is 3.80. The SMILES string of the molecule is CC(C)=CCOc1ccc2c(O)c(C=C3C=CC(=[N+]([O-])[O-])C=C3)oc2c1. The van der Waals surface area contributed by atoms with Gasteiger partial charge in [0.25, 0.3) is 0 Å². The number of hydrogen-bond donors (Lipinski definition) is 1. The highest BCUT2D eigenvalue weighted by molar-refractivity contribution is 6.03. The minimum Gasteiger partial charge on any atom is -0.612 e. The molecule has 1 heterocycles. The molecule has 1 N–H and O–H groups in total. The maximum Gasteiger partial charge on any atom is 0.222 e. The molecule has 0 spiro atoms. The Hall–Kier alpha value is -3.41. The monoisotopic (exact) mass is 352 g/mol. The van der Waals surface area contributed by atoms with E-state index in [1.54, 1.807) is 36.4 Å². The van der Waals surface area contributed by atoms with Crippen LogP contribution in [-0.4, -0.2) is 22.3 Å². The zero-order valence-corrected chi connectivity index (χ0v) is 14.4. The van der Waals surface area contributed by atoms with Crippen LogP contribution in [0.4, 0.5) is 0 Å². The average Bonchev–Trinajstić information content (AvgIpc) is 2.90. The molecular formula is C20H18NO5-. The van der Waals surface area contributed by atoms with Gasteiger partial charge in [0.15, 0.2) is 11.5 Å².